The van der Waals surface area contributed by atoms with E-state index in [4.69, 9.17) is 9.72 Å². The van der Waals surface area contributed by atoms with E-state index in [2.05, 4.69) is 47.0 Å². The Morgan fingerprint density at radius 3 is 2.59 bits per heavy atom. The first-order valence-corrected chi connectivity index (χ1v) is 8.16. The van der Waals surface area contributed by atoms with E-state index in [0.29, 0.717) is 0 Å². The quantitative estimate of drug-likeness (QED) is 0.532. The zero-order valence-corrected chi connectivity index (χ0v) is 13.3. The van der Waals surface area contributed by atoms with Gasteiger partial charge in [-0.15, -0.1) is 0 Å². The number of hydrogen-bond acceptors (Lipinski definition) is 3. The van der Waals surface area contributed by atoms with E-state index in [1.54, 1.807) is 11.3 Å². The predicted octanol–water partition coefficient (Wildman–Crippen LogP) is 5.00. The van der Waals surface area contributed by atoms with Crippen LogP contribution in [0.2, 0.25) is 0 Å². The molecule has 22 heavy (non-hydrogen) atoms. The molecule has 0 aliphatic carbocycles. The molecular formula is C18H16N2OS. The zero-order chi connectivity index (χ0) is 15.1. The molecule has 4 aromatic rings. The van der Waals surface area contributed by atoms with Crippen LogP contribution in [0.15, 0.2) is 54.7 Å². The van der Waals surface area contributed by atoms with E-state index in [1.165, 1.54) is 10.2 Å². The van der Waals surface area contributed by atoms with Crippen molar-refractivity contribution in [2.75, 3.05) is 0 Å². The van der Waals surface area contributed by atoms with Crippen LogP contribution in [0.4, 0.5) is 0 Å². The number of nitrogens with zero attached hydrogens (tertiary/aromatic N) is 2. The molecule has 2 aromatic heterocycles. The van der Waals surface area contributed by atoms with Crippen molar-refractivity contribution < 1.29 is 4.74 Å². The summed E-state index contributed by atoms with van der Waals surface area (Å²) in [7, 11) is 0. The van der Waals surface area contributed by atoms with E-state index in [9.17, 15) is 0 Å². The number of hydrogen-bond donors (Lipinski definition) is 0. The molecule has 0 aliphatic rings. The van der Waals surface area contributed by atoms with Crippen molar-refractivity contribution in [2.45, 2.75) is 20.0 Å². The van der Waals surface area contributed by atoms with Crippen molar-refractivity contribution >= 4 is 26.5 Å². The number of thiazole rings is 1. The average Bonchev–Trinajstić information content (AvgIpc) is 3.05. The summed E-state index contributed by atoms with van der Waals surface area (Å²) in [6, 6.07) is 16.5. The summed E-state index contributed by atoms with van der Waals surface area (Å²) in [5.41, 5.74) is 3.31. The van der Waals surface area contributed by atoms with Gasteiger partial charge in [0.25, 0.3) is 0 Å². The van der Waals surface area contributed by atoms with Crippen LogP contribution in [-0.4, -0.2) is 15.5 Å². The molecule has 0 bridgehead atoms. The molecule has 0 saturated heterocycles. The Hall–Kier alpha value is -2.33. The molecule has 4 rings (SSSR count). The number of para-hydroxylation sites is 1. The first kappa shape index (κ1) is 13.3. The summed E-state index contributed by atoms with van der Waals surface area (Å²) in [6.45, 7) is 4.06. The van der Waals surface area contributed by atoms with Gasteiger partial charge in [0, 0.05) is 11.8 Å². The van der Waals surface area contributed by atoms with Gasteiger partial charge in [0.05, 0.1) is 22.0 Å². The van der Waals surface area contributed by atoms with Crippen molar-refractivity contribution in [1.82, 2.24) is 9.38 Å². The van der Waals surface area contributed by atoms with E-state index in [0.717, 1.165) is 22.0 Å². The molecular weight excluding hydrogens is 292 g/mol. The van der Waals surface area contributed by atoms with E-state index >= 15 is 0 Å². The van der Waals surface area contributed by atoms with Gasteiger partial charge in [-0.1, -0.05) is 23.5 Å². The third-order valence-corrected chi connectivity index (χ3v) is 4.56. The van der Waals surface area contributed by atoms with Crippen LogP contribution in [-0.2, 0) is 0 Å². The second-order valence-corrected chi connectivity index (χ2v) is 6.55. The summed E-state index contributed by atoms with van der Waals surface area (Å²) < 4.78 is 9.10. The van der Waals surface area contributed by atoms with Crippen LogP contribution in [0.1, 0.15) is 13.8 Å². The van der Waals surface area contributed by atoms with Gasteiger partial charge in [0.2, 0.25) is 0 Å². The highest BCUT2D eigenvalue weighted by atomic mass is 32.1. The lowest BCUT2D eigenvalue weighted by atomic mass is 10.1. The summed E-state index contributed by atoms with van der Waals surface area (Å²) >= 11 is 1.72. The molecule has 3 nitrogen and oxygen atoms in total. The largest absolute Gasteiger partial charge is 0.491 e. The van der Waals surface area contributed by atoms with Gasteiger partial charge >= 0.3 is 0 Å². The number of rotatable bonds is 3. The van der Waals surface area contributed by atoms with Crippen LogP contribution in [0.3, 0.4) is 0 Å². The maximum absolute atomic E-state index is 5.68. The molecule has 0 atom stereocenters. The molecule has 0 radical (unpaired) electrons. The van der Waals surface area contributed by atoms with Crippen LogP contribution in [0.25, 0.3) is 26.4 Å². The fourth-order valence-corrected chi connectivity index (χ4v) is 3.57. The Kier molecular flexibility index (Phi) is 3.12. The maximum Gasteiger partial charge on any atom is 0.195 e. The first-order valence-electron chi connectivity index (χ1n) is 7.34. The molecule has 4 heteroatoms. The monoisotopic (exact) mass is 308 g/mol. The van der Waals surface area contributed by atoms with Gasteiger partial charge in [-0.3, -0.25) is 4.40 Å². The molecule has 2 aromatic carbocycles. The summed E-state index contributed by atoms with van der Waals surface area (Å²) in [6.07, 6.45) is 2.29. The van der Waals surface area contributed by atoms with Gasteiger partial charge in [0.1, 0.15) is 5.75 Å². The number of ether oxygens (including phenoxy) is 1. The molecule has 0 amide bonds. The van der Waals surface area contributed by atoms with Crippen molar-refractivity contribution in [1.29, 1.82) is 0 Å². The Labute approximate surface area is 132 Å². The lowest BCUT2D eigenvalue weighted by molar-refractivity contribution is 0.242. The lowest BCUT2D eigenvalue weighted by Crippen LogP contribution is -2.05. The number of imidazole rings is 1. The summed E-state index contributed by atoms with van der Waals surface area (Å²) in [5.74, 6) is 0.894. The molecule has 0 aliphatic heterocycles. The molecule has 0 spiro atoms. The van der Waals surface area contributed by atoms with Gasteiger partial charge in [0.15, 0.2) is 4.96 Å². The van der Waals surface area contributed by atoms with Crippen molar-refractivity contribution in [3.05, 3.63) is 54.7 Å². The maximum atomic E-state index is 5.68. The molecule has 0 N–H and O–H groups in total. The minimum atomic E-state index is 0.190. The van der Waals surface area contributed by atoms with Crippen LogP contribution in [0, 0.1) is 0 Å². The predicted molar refractivity (Wildman–Crippen MR) is 91.8 cm³/mol. The topological polar surface area (TPSA) is 26.5 Å². The Morgan fingerprint density at radius 1 is 1.05 bits per heavy atom. The number of fused-ring (bicyclic) bond motifs is 3. The van der Waals surface area contributed by atoms with Crippen LogP contribution < -0.4 is 4.74 Å². The second-order valence-electron chi connectivity index (χ2n) is 5.54. The smallest absolute Gasteiger partial charge is 0.195 e. The fourth-order valence-electron chi connectivity index (χ4n) is 2.56. The Balaban J connectivity index is 1.74. The highest BCUT2D eigenvalue weighted by molar-refractivity contribution is 7.23. The van der Waals surface area contributed by atoms with Gasteiger partial charge in [-0.25, -0.2) is 4.98 Å². The minimum Gasteiger partial charge on any atom is -0.491 e. The third-order valence-electron chi connectivity index (χ3n) is 3.52. The highest BCUT2D eigenvalue weighted by Gasteiger charge is 2.10. The van der Waals surface area contributed by atoms with Crippen LogP contribution >= 0.6 is 11.3 Å². The van der Waals surface area contributed by atoms with Crippen LogP contribution in [0.5, 0.6) is 5.75 Å². The molecule has 0 fully saturated rings. The summed E-state index contributed by atoms with van der Waals surface area (Å²) in [5, 5.41) is 0. The summed E-state index contributed by atoms with van der Waals surface area (Å²) in [4.78, 5) is 5.78. The zero-order valence-electron chi connectivity index (χ0n) is 12.5. The minimum absolute atomic E-state index is 0.190. The number of benzene rings is 2. The van der Waals surface area contributed by atoms with E-state index in [1.807, 2.05) is 26.0 Å². The van der Waals surface area contributed by atoms with E-state index < -0.39 is 0 Å². The normalized spacial score (nSPS) is 11.6. The Bertz CT molecular complexity index is 935. The molecule has 110 valence electrons. The molecule has 0 unspecified atom stereocenters. The van der Waals surface area contributed by atoms with Crippen molar-refractivity contribution in [3.8, 4) is 17.0 Å². The molecule has 0 saturated carbocycles. The SMILES string of the molecule is CC(C)Oc1ccc(-c2cn3c(n2)sc2ccccc23)cc1. The van der Waals surface area contributed by atoms with E-state index in [-0.39, 0.29) is 6.10 Å². The highest BCUT2D eigenvalue weighted by Crippen LogP contribution is 2.29. The second kappa shape index (κ2) is 5.14. The van der Waals surface area contributed by atoms with Crippen molar-refractivity contribution in [3.63, 3.8) is 0 Å². The van der Waals surface area contributed by atoms with Crippen molar-refractivity contribution in [2.24, 2.45) is 0 Å². The van der Waals surface area contributed by atoms with Gasteiger partial charge in [-0.2, -0.15) is 0 Å². The average molecular weight is 308 g/mol. The number of aromatic nitrogens is 2. The first-order chi connectivity index (χ1) is 10.7. The lowest BCUT2D eigenvalue weighted by Gasteiger charge is -2.09. The molecule has 2 heterocycles. The Morgan fingerprint density at radius 2 is 1.82 bits per heavy atom. The fraction of sp³-hybridized carbons (Fsp3) is 0.167. The third kappa shape index (κ3) is 2.25. The standard InChI is InChI=1S/C18H16N2OS/c1-12(2)21-14-9-7-13(8-10-14)15-11-20-16-5-3-4-6-17(16)22-18(20)19-15/h3-12H,1-2H3. The van der Waals surface area contributed by atoms with Gasteiger partial charge in [-0.05, 0) is 50.2 Å². The van der Waals surface area contributed by atoms with Gasteiger partial charge < -0.3 is 4.74 Å².